The number of nitrogens with one attached hydrogen (secondary N) is 1. The van der Waals surface area contributed by atoms with Crippen molar-refractivity contribution in [1.82, 2.24) is 24.6 Å². The highest BCUT2D eigenvalue weighted by atomic mass is 16.5. The third kappa shape index (κ3) is 5.63. The maximum Gasteiger partial charge on any atom is 0.414 e. The second-order valence-electron chi connectivity index (χ2n) is 8.93. The van der Waals surface area contributed by atoms with E-state index in [4.69, 9.17) is 9.72 Å². The zero-order valence-corrected chi connectivity index (χ0v) is 21.6. The lowest BCUT2D eigenvalue weighted by Crippen LogP contribution is -2.42. The molecule has 1 atom stereocenters. The Balaban J connectivity index is 1.68. The van der Waals surface area contributed by atoms with Gasteiger partial charge in [-0.25, -0.2) is 9.78 Å². The molecule has 0 bridgehead atoms. The summed E-state index contributed by atoms with van der Waals surface area (Å²) < 4.78 is 8.85. The van der Waals surface area contributed by atoms with E-state index in [2.05, 4.69) is 22.0 Å². The summed E-state index contributed by atoms with van der Waals surface area (Å²) in [5.74, 6) is 0.649. The minimum absolute atomic E-state index is 0.0222. The van der Waals surface area contributed by atoms with Crippen LogP contribution in [0, 0.1) is 0 Å². The first-order valence-electron chi connectivity index (χ1n) is 12.3. The van der Waals surface area contributed by atoms with Gasteiger partial charge in [-0.3, -0.25) is 19.4 Å². The van der Waals surface area contributed by atoms with Crippen LogP contribution in [0.25, 0.3) is 11.0 Å². The quantitative estimate of drug-likeness (QED) is 0.356. The van der Waals surface area contributed by atoms with E-state index in [0.717, 1.165) is 46.5 Å². The lowest BCUT2D eigenvalue weighted by molar-refractivity contribution is -0.121. The molecule has 1 unspecified atom stereocenters. The van der Waals surface area contributed by atoms with E-state index >= 15 is 0 Å². The Morgan fingerprint density at radius 1 is 1.35 bits per heavy atom. The van der Waals surface area contributed by atoms with Crippen molar-refractivity contribution >= 4 is 34.9 Å². The number of imidazole rings is 1. The Hall–Kier alpha value is -4.21. The van der Waals surface area contributed by atoms with Crippen LogP contribution < -0.4 is 10.2 Å². The molecule has 0 spiro atoms. The van der Waals surface area contributed by atoms with Gasteiger partial charge in [-0.15, -0.1) is 0 Å². The van der Waals surface area contributed by atoms with Gasteiger partial charge in [0, 0.05) is 56.8 Å². The van der Waals surface area contributed by atoms with E-state index in [1.54, 1.807) is 30.4 Å². The largest absolute Gasteiger partial charge is 0.452 e. The van der Waals surface area contributed by atoms with E-state index in [0.29, 0.717) is 19.5 Å². The number of benzene rings is 1. The van der Waals surface area contributed by atoms with Crippen molar-refractivity contribution in [3.63, 3.8) is 0 Å². The molecular weight excluding hydrogens is 470 g/mol. The van der Waals surface area contributed by atoms with Gasteiger partial charge in [-0.05, 0) is 43.5 Å². The number of carbonyl (C=O) groups excluding carboxylic acids is 2. The molecule has 1 N–H and O–H groups in total. The number of ether oxygens (including phenoxy) is 1. The van der Waals surface area contributed by atoms with Gasteiger partial charge in [0.15, 0.2) is 0 Å². The molecule has 3 aromatic rings. The van der Waals surface area contributed by atoms with E-state index in [1.807, 2.05) is 46.6 Å². The average molecular weight is 504 g/mol. The number of anilines is 1. The molecule has 10 heteroatoms. The number of rotatable bonds is 9. The zero-order valence-electron chi connectivity index (χ0n) is 21.6. The highest BCUT2D eigenvalue weighted by Crippen LogP contribution is 2.36. The van der Waals surface area contributed by atoms with Gasteiger partial charge in [-0.2, -0.15) is 5.10 Å². The van der Waals surface area contributed by atoms with Gasteiger partial charge in [0.2, 0.25) is 5.91 Å². The fourth-order valence-corrected chi connectivity index (χ4v) is 4.73. The van der Waals surface area contributed by atoms with Gasteiger partial charge in [0.25, 0.3) is 0 Å². The lowest BCUT2D eigenvalue weighted by atomic mass is 9.96. The predicted molar refractivity (Wildman–Crippen MR) is 144 cm³/mol. The van der Waals surface area contributed by atoms with Crippen LogP contribution in [0.2, 0.25) is 0 Å². The molecule has 37 heavy (non-hydrogen) atoms. The highest BCUT2D eigenvalue weighted by Gasteiger charge is 2.31. The Kier molecular flexibility index (Phi) is 8.17. The SMILES string of the molecule is C=C/C=C(\C=NC)CNC(=O)Cn1c(CCn2cccn2)nc2c3c(ccc21)N(C(=O)OC)C(C)CC3. The summed E-state index contributed by atoms with van der Waals surface area (Å²) in [6, 6.07) is 5.77. The van der Waals surface area contributed by atoms with Gasteiger partial charge >= 0.3 is 6.09 Å². The second-order valence-corrected chi connectivity index (χ2v) is 8.93. The second kappa shape index (κ2) is 11.7. The van der Waals surface area contributed by atoms with Crippen molar-refractivity contribution in [2.45, 2.75) is 45.3 Å². The average Bonchev–Trinajstić information content (AvgIpc) is 3.53. The van der Waals surface area contributed by atoms with E-state index in [-0.39, 0.29) is 24.6 Å². The molecule has 1 aromatic carbocycles. The van der Waals surface area contributed by atoms with Crippen molar-refractivity contribution in [3.05, 3.63) is 66.3 Å². The van der Waals surface area contributed by atoms with E-state index in [1.165, 1.54) is 7.11 Å². The number of fused-ring (bicyclic) bond motifs is 3. The van der Waals surface area contributed by atoms with Crippen molar-refractivity contribution in [1.29, 1.82) is 0 Å². The summed E-state index contributed by atoms with van der Waals surface area (Å²) in [4.78, 5) is 36.3. The lowest BCUT2D eigenvalue weighted by Gasteiger charge is -2.34. The zero-order chi connectivity index (χ0) is 26.4. The number of allylic oxidation sites excluding steroid dienone is 2. The molecule has 2 aromatic heterocycles. The number of aryl methyl sites for hydroxylation is 3. The van der Waals surface area contributed by atoms with Crippen molar-refractivity contribution in [2.75, 3.05) is 25.6 Å². The fourth-order valence-electron chi connectivity index (χ4n) is 4.73. The number of hydrogen-bond acceptors (Lipinski definition) is 6. The summed E-state index contributed by atoms with van der Waals surface area (Å²) in [5.41, 5.74) is 4.33. The van der Waals surface area contributed by atoms with Crippen LogP contribution in [-0.4, -0.2) is 64.3 Å². The van der Waals surface area contributed by atoms with Crippen LogP contribution in [0.15, 0.2) is 59.9 Å². The topological polar surface area (TPSA) is 107 Å². The standard InChI is InChI=1S/C27H33N7O3/c1-5-7-20(16-28-3)17-29-25(35)18-33-23-11-10-22-21(9-8-19(2)34(22)27(36)37-4)26(23)31-24(33)12-15-32-14-6-13-30-32/h5-7,10-11,13-14,16,19H,1,8-9,12,15,17-18H2,2-4H3,(H,29,35)/b20-7+,28-16?. The van der Waals surface area contributed by atoms with Crippen molar-refractivity contribution in [3.8, 4) is 0 Å². The van der Waals surface area contributed by atoms with Gasteiger partial charge in [-0.1, -0.05) is 18.7 Å². The monoisotopic (exact) mass is 503 g/mol. The molecular formula is C27H33N7O3. The number of carbonyl (C=O) groups is 2. The number of methoxy groups -OCH3 is 1. The number of aromatic nitrogens is 4. The molecule has 0 fully saturated rings. The fraction of sp³-hybridized carbons (Fsp3) is 0.370. The highest BCUT2D eigenvalue weighted by molar-refractivity contribution is 5.95. The molecule has 194 valence electrons. The minimum Gasteiger partial charge on any atom is -0.452 e. The van der Waals surface area contributed by atoms with E-state index in [9.17, 15) is 9.59 Å². The molecule has 1 aliphatic rings. The first-order valence-corrected chi connectivity index (χ1v) is 12.3. The van der Waals surface area contributed by atoms with E-state index < -0.39 is 0 Å². The number of nitrogens with zero attached hydrogens (tertiary/aromatic N) is 6. The molecule has 0 aliphatic carbocycles. The third-order valence-corrected chi connectivity index (χ3v) is 6.51. The Labute approximate surface area is 216 Å². The molecule has 0 radical (unpaired) electrons. The van der Waals surface area contributed by atoms with Crippen LogP contribution >= 0.6 is 0 Å². The van der Waals surface area contributed by atoms with Gasteiger partial charge in [0.05, 0.1) is 23.8 Å². The van der Waals surface area contributed by atoms with Crippen LogP contribution in [0.4, 0.5) is 10.5 Å². The van der Waals surface area contributed by atoms with Gasteiger partial charge in [0.1, 0.15) is 12.4 Å². The molecule has 2 amide bonds. The summed E-state index contributed by atoms with van der Waals surface area (Å²) in [6.07, 6.45) is 10.6. The molecule has 0 saturated heterocycles. The van der Waals surface area contributed by atoms with Crippen LogP contribution in [0.5, 0.6) is 0 Å². The van der Waals surface area contributed by atoms with Crippen LogP contribution in [0.1, 0.15) is 24.7 Å². The number of hydrogen-bond donors (Lipinski definition) is 1. The molecule has 0 saturated carbocycles. The molecule has 4 rings (SSSR count). The Morgan fingerprint density at radius 3 is 2.89 bits per heavy atom. The first-order chi connectivity index (χ1) is 18.0. The smallest absolute Gasteiger partial charge is 0.414 e. The summed E-state index contributed by atoms with van der Waals surface area (Å²) >= 11 is 0. The molecule has 10 nitrogen and oxygen atoms in total. The summed E-state index contributed by atoms with van der Waals surface area (Å²) in [7, 11) is 3.08. The van der Waals surface area contributed by atoms with Gasteiger partial charge < -0.3 is 14.6 Å². The maximum absolute atomic E-state index is 13.0. The third-order valence-electron chi connectivity index (χ3n) is 6.51. The van der Waals surface area contributed by atoms with Crippen LogP contribution in [-0.2, 0) is 35.5 Å². The Morgan fingerprint density at radius 2 is 2.19 bits per heavy atom. The molecule has 3 heterocycles. The minimum atomic E-state index is -0.385. The van der Waals surface area contributed by atoms with Crippen molar-refractivity contribution < 1.29 is 14.3 Å². The molecule has 1 aliphatic heterocycles. The number of amides is 2. The summed E-state index contributed by atoms with van der Waals surface area (Å²) in [5, 5.41) is 7.26. The predicted octanol–water partition coefficient (Wildman–Crippen LogP) is 3.31. The maximum atomic E-state index is 13.0. The summed E-state index contributed by atoms with van der Waals surface area (Å²) in [6.45, 7) is 6.82. The van der Waals surface area contributed by atoms with Crippen molar-refractivity contribution in [2.24, 2.45) is 4.99 Å². The Bertz CT molecular complexity index is 1340. The normalized spacial score (nSPS) is 15.7. The first kappa shape index (κ1) is 25.9. The van der Waals surface area contributed by atoms with Crippen LogP contribution in [0.3, 0.4) is 0 Å². The number of aliphatic imine (C=N–C) groups is 1.